The fourth-order valence-corrected chi connectivity index (χ4v) is 4.79. The van der Waals surface area contributed by atoms with Gasteiger partial charge in [-0.05, 0) is 60.7 Å². The number of nitro benzene ring substituents is 1. The summed E-state index contributed by atoms with van der Waals surface area (Å²) in [6, 6.07) is 12.0. The summed E-state index contributed by atoms with van der Waals surface area (Å²) in [6.07, 6.45) is 1.88. The summed E-state index contributed by atoms with van der Waals surface area (Å²) >= 11 is 0. The maximum Gasteiger partial charge on any atom is 0.283 e. The van der Waals surface area contributed by atoms with Crippen molar-refractivity contribution in [2.24, 2.45) is 5.92 Å². The molecule has 37 heavy (non-hydrogen) atoms. The molecule has 2 N–H and O–H groups in total. The normalized spacial score (nSPS) is 19.3. The molecule has 4 aromatic rings. The zero-order valence-corrected chi connectivity index (χ0v) is 19.4. The second-order valence-corrected chi connectivity index (χ2v) is 9.40. The van der Waals surface area contributed by atoms with Crippen LogP contribution in [-0.2, 0) is 0 Å². The first kappa shape index (κ1) is 22.8. The lowest BCUT2D eigenvalue weighted by Gasteiger charge is -2.10. The number of carbonyl (C=O) groups excluding carboxylic acids is 2. The van der Waals surface area contributed by atoms with Crippen LogP contribution in [0.2, 0.25) is 0 Å². The first-order valence-corrected chi connectivity index (χ1v) is 11.6. The summed E-state index contributed by atoms with van der Waals surface area (Å²) in [6.45, 7) is 0. The van der Waals surface area contributed by atoms with E-state index in [1.807, 2.05) is 0 Å². The van der Waals surface area contributed by atoms with E-state index in [0.29, 0.717) is 5.92 Å². The number of nitrogens with one attached hydrogen (secondary N) is 2. The van der Waals surface area contributed by atoms with Crippen LogP contribution in [0.4, 0.5) is 14.5 Å². The molecule has 6 rings (SSSR count). The van der Waals surface area contributed by atoms with Crippen LogP contribution in [0.5, 0.6) is 0 Å². The Balaban J connectivity index is 1.55. The SMILES string of the molecule is CNC(=O)c1c(-c2ccc(F)cc2)oc2cc([N+](=O)[O-])c(-c3cccc(C(=O)NC45CC4C5)c3)c(F)c12. The molecule has 186 valence electrons. The van der Waals surface area contributed by atoms with Crippen molar-refractivity contribution in [1.29, 1.82) is 0 Å². The van der Waals surface area contributed by atoms with Crippen molar-refractivity contribution in [1.82, 2.24) is 10.6 Å². The molecule has 8 nitrogen and oxygen atoms in total. The smallest absolute Gasteiger partial charge is 0.283 e. The van der Waals surface area contributed by atoms with E-state index < -0.39 is 28.2 Å². The third-order valence-corrected chi connectivity index (χ3v) is 7.11. The number of hydrogen-bond acceptors (Lipinski definition) is 5. The predicted molar refractivity (Wildman–Crippen MR) is 130 cm³/mol. The third kappa shape index (κ3) is 3.64. The van der Waals surface area contributed by atoms with Gasteiger partial charge >= 0.3 is 0 Å². The molecule has 0 saturated heterocycles. The number of halogens is 2. The van der Waals surface area contributed by atoms with Gasteiger partial charge < -0.3 is 15.1 Å². The molecule has 0 unspecified atom stereocenters. The molecule has 10 heteroatoms. The molecule has 3 aromatic carbocycles. The summed E-state index contributed by atoms with van der Waals surface area (Å²) in [4.78, 5) is 36.9. The van der Waals surface area contributed by atoms with E-state index in [0.717, 1.165) is 31.0 Å². The third-order valence-electron chi connectivity index (χ3n) is 7.11. The van der Waals surface area contributed by atoms with Gasteiger partial charge in [0.1, 0.15) is 23.0 Å². The van der Waals surface area contributed by atoms with Gasteiger partial charge in [-0.15, -0.1) is 0 Å². The van der Waals surface area contributed by atoms with E-state index in [1.54, 1.807) is 6.07 Å². The molecule has 2 fully saturated rings. The number of amides is 2. The Hall–Kier alpha value is -4.60. The average Bonchev–Trinajstić information content (AvgIpc) is 3.70. The molecule has 2 amide bonds. The fourth-order valence-electron chi connectivity index (χ4n) is 4.79. The Labute approximate surface area is 208 Å². The minimum Gasteiger partial charge on any atom is -0.455 e. The lowest BCUT2D eigenvalue weighted by Crippen LogP contribution is -2.30. The van der Waals surface area contributed by atoms with Crippen LogP contribution in [0.15, 0.2) is 59.0 Å². The van der Waals surface area contributed by atoms with Crippen molar-refractivity contribution in [3.63, 3.8) is 0 Å². The standard InChI is InChI=1S/C27H19F2N3O5/c1-30-26(34)22-21-19(37-24(22)13-5-7-17(28)8-6-13)10-18(32(35)36)20(23(21)29)14-3-2-4-15(9-14)25(33)31-27-11-16(27)12-27/h2-10,16H,11-12H2,1H3,(H,30,34)(H,31,33). The Kier molecular flexibility index (Phi) is 4.91. The molecule has 2 aliphatic carbocycles. The number of benzene rings is 3. The number of nitro groups is 1. The highest BCUT2D eigenvalue weighted by molar-refractivity contribution is 6.13. The number of rotatable bonds is 6. The number of nitrogens with zero attached hydrogens (tertiary/aromatic N) is 1. The summed E-state index contributed by atoms with van der Waals surface area (Å²) < 4.78 is 35.5. The van der Waals surface area contributed by atoms with Gasteiger partial charge in [0.15, 0.2) is 0 Å². The van der Waals surface area contributed by atoms with E-state index in [9.17, 15) is 24.1 Å². The van der Waals surface area contributed by atoms with Gasteiger partial charge in [-0.25, -0.2) is 8.78 Å². The topological polar surface area (TPSA) is 114 Å². The monoisotopic (exact) mass is 503 g/mol. The van der Waals surface area contributed by atoms with Crippen molar-refractivity contribution in [3.8, 4) is 22.5 Å². The lowest BCUT2D eigenvalue weighted by molar-refractivity contribution is -0.384. The minimum atomic E-state index is -1.04. The van der Waals surface area contributed by atoms with Gasteiger partial charge in [0.25, 0.3) is 17.5 Å². The van der Waals surface area contributed by atoms with Crippen LogP contribution in [-0.4, -0.2) is 29.3 Å². The lowest BCUT2D eigenvalue weighted by atomic mass is 9.96. The van der Waals surface area contributed by atoms with Gasteiger partial charge in [-0.3, -0.25) is 19.7 Å². The molecule has 0 radical (unpaired) electrons. The Morgan fingerprint density at radius 1 is 1.05 bits per heavy atom. The molecular formula is C27H19F2N3O5. The van der Waals surface area contributed by atoms with E-state index >= 15 is 4.39 Å². The molecule has 2 saturated carbocycles. The van der Waals surface area contributed by atoms with Crippen LogP contribution in [0.1, 0.15) is 33.6 Å². The second-order valence-electron chi connectivity index (χ2n) is 9.40. The van der Waals surface area contributed by atoms with E-state index in [1.165, 1.54) is 37.4 Å². The number of furan rings is 1. The zero-order valence-electron chi connectivity index (χ0n) is 19.4. The van der Waals surface area contributed by atoms with Gasteiger partial charge in [0.05, 0.1) is 27.5 Å². The highest BCUT2D eigenvalue weighted by atomic mass is 19.1. The number of fused-ring (bicyclic) bond motifs is 2. The summed E-state index contributed by atoms with van der Waals surface area (Å²) in [7, 11) is 1.35. The molecule has 0 aliphatic heterocycles. The van der Waals surface area contributed by atoms with Crippen molar-refractivity contribution in [2.75, 3.05) is 7.05 Å². The Morgan fingerprint density at radius 2 is 1.76 bits per heavy atom. The Bertz CT molecular complexity index is 1640. The minimum absolute atomic E-state index is 0.0597. The number of hydrogen-bond donors (Lipinski definition) is 2. The van der Waals surface area contributed by atoms with E-state index in [4.69, 9.17) is 4.42 Å². The summed E-state index contributed by atoms with van der Waals surface area (Å²) in [5.74, 6) is -2.13. The highest BCUT2D eigenvalue weighted by Gasteiger charge is 2.70. The quantitative estimate of drug-likeness (QED) is 0.277. The first-order chi connectivity index (χ1) is 17.7. The zero-order chi connectivity index (χ0) is 26.1. The predicted octanol–water partition coefficient (Wildman–Crippen LogP) is 5.21. The first-order valence-electron chi connectivity index (χ1n) is 11.6. The van der Waals surface area contributed by atoms with Crippen molar-refractivity contribution in [2.45, 2.75) is 18.4 Å². The van der Waals surface area contributed by atoms with E-state index in [2.05, 4.69) is 10.6 Å². The van der Waals surface area contributed by atoms with Crippen LogP contribution in [0, 0.1) is 27.7 Å². The maximum atomic E-state index is 16.2. The van der Waals surface area contributed by atoms with Gasteiger partial charge in [-0.2, -0.15) is 0 Å². The van der Waals surface area contributed by atoms with E-state index in [-0.39, 0.29) is 56.0 Å². The van der Waals surface area contributed by atoms with Crippen molar-refractivity contribution >= 4 is 28.5 Å². The molecule has 0 atom stereocenters. The van der Waals surface area contributed by atoms with Gasteiger partial charge in [0.2, 0.25) is 0 Å². The number of carbonyl (C=O) groups is 2. The van der Waals surface area contributed by atoms with Crippen molar-refractivity contribution in [3.05, 3.63) is 87.5 Å². The van der Waals surface area contributed by atoms with Crippen LogP contribution in [0.25, 0.3) is 33.4 Å². The van der Waals surface area contributed by atoms with Gasteiger partial charge in [-0.1, -0.05) is 12.1 Å². The molecular weight excluding hydrogens is 484 g/mol. The highest BCUT2D eigenvalue weighted by Crippen LogP contribution is 2.66. The maximum absolute atomic E-state index is 16.2. The van der Waals surface area contributed by atoms with Crippen molar-refractivity contribution < 1.29 is 27.7 Å². The molecule has 1 aromatic heterocycles. The van der Waals surface area contributed by atoms with Crippen LogP contribution in [0.3, 0.4) is 0 Å². The Morgan fingerprint density at radius 3 is 2.38 bits per heavy atom. The van der Waals surface area contributed by atoms with Crippen LogP contribution < -0.4 is 10.6 Å². The summed E-state index contributed by atoms with van der Waals surface area (Å²) in [5.41, 5.74) is -0.857. The molecule has 2 aliphatic rings. The second kappa shape index (κ2) is 7.95. The molecule has 0 spiro atoms. The average molecular weight is 503 g/mol. The summed E-state index contributed by atoms with van der Waals surface area (Å²) in [5, 5.41) is 17.2. The van der Waals surface area contributed by atoms with Crippen LogP contribution >= 0.6 is 0 Å². The largest absolute Gasteiger partial charge is 0.455 e. The fraction of sp³-hybridized carbons (Fsp3) is 0.185. The molecule has 1 heterocycles. The van der Waals surface area contributed by atoms with Gasteiger partial charge in [0, 0.05) is 23.7 Å². The molecule has 0 bridgehead atoms.